The first-order valence-corrected chi connectivity index (χ1v) is 12.0. The van der Waals surface area contributed by atoms with Crippen molar-refractivity contribution in [3.8, 4) is 0 Å². The third-order valence-electron chi connectivity index (χ3n) is 5.30. The Balaban J connectivity index is 1.91. The van der Waals surface area contributed by atoms with E-state index < -0.39 is 15.4 Å². The van der Waals surface area contributed by atoms with Gasteiger partial charge in [-0.25, -0.2) is 8.42 Å². The second kappa shape index (κ2) is 9.06. The molecule has 0 saturated carbocycles. The van der Waals surface area contributed by atoms with Gasteiger partial charge < -0.3 is 15.2 Å². The lowest BCUT2D eigenvalue weighted by molar-refractivity contribution is -0.129. The highest BCUT2D eigenvalue weighted by molar-refractivity contribution is 7.90. The molecule has 2 N–H and O–H groups in total. The van der Waals surface area contributed by atoms with Gasteiger partial charge in [-0.2, -0.15) is 0 Å². The first-order chi connectivity index (χ1) is 14.1. The number of carbonyl (C=O) groups is 1. The number of halogens is 1. The lowest BCUT2D eigenvalue weighted by atomic mass is 9.81. The lowest BCUT2D eigenvalue weighted by Gasteiger charge is -2.43. The number of hydrogen-bond acceptors (Lipinski definition) is 5. The Morgan fingerprint density at radius 2 is 1.60 bits per heavy atom. The predicted octanol–water partition coefficient (Wildman–Crippen LogP) is 3.59. The predicted molar refractivity (Wildman–Crippen MR) is 115 cm³/mol. The summed E-state index contributed by atoms with van der Waals surface area (Å²) in [6.07, 6.45) is 1.66. The molecule has 30 heavy (non-hydrogen) atoms. The zero-order chi connectivity index (χ0) is 21.9. The first kappa shape index (κ1) is 22.7. The summed E-state index contributed by atoms with van der Waals surface area (Å²) in [7, 11) is -3.29. The fraction of sp³-hybridized carbons (Fsp3) is 0.409. The molecule has 0 bridgehead atoms. The van der Waals surface area contributed by atoms with Crippen LogP contribution in [0.2, 0.25) is 5.02 Å². The van der Waals surface area contributed by atoms with Crippen molar-refractivity contribution in [1.29, 1.82) is 0 Å². The number of rotatable bonds is 6. The highest BCUT2D eigenvalue weighted by atomic mass is 35.5. The van der Waals surface area contributed by atoms with Crippen LogP contribution in [0.15, 0.2) is 53.4 Å². The van der Waals surface area contributed by atoms with Crippen LogP contribution in [-0.4, -0.2) is 37.8 Å². The molecule has 2 aromatic carbocycles. The van der Waals surface area contributed by atoms with Gasteiger partial charge in [-0.1, -0.05) is 35.9 Å². The molecule has 162 valence electrons. The SMILES string of the molecule is C[C@]1(NC(=O)CCO)C[C@@H](c2ccc(Cl)cc2)O[C@@H](c2ccc(S(C)(=O)=O)cc2)C1. The van der Waals surface area contributed by atoms with Gasteiger partial charge in [0.15, 0.2) is 9.84 Å². The molecular formula is C22H26ClNO5S. The number of benzene rings is 2. The summed E-state index contributed by atoms with van der Waals surface area (Å²) < 4.78 is 29.9. The van der Waals surface area contributed by atoms with Crippen molar-refractivity contribution in [2.45, 2.75) is 48.8 Å². The highest BCUT2D eigenvalue weighted by Crippen LogP contribution is 2.44. The third kappa shape index (κ3) is 5.60. The zero-order valence-electron chi connectivity index (χ0n) is 17.0. The summed E-state index contributed by atoms with van der Waals surface area (Å²) in [4.78, 5) is 12.5. The summed E-state index contributed by atoms with van der Waals surface area (Å²) >= 11 is 6.02. The van der Waals surface area contributed by atoms with Crippen LogP contribution >= 0.6 is 11.6 Å². The molecule has 1 heterocycles. The first-order valence-electron chi connectivity index (χ1n) is 9.72. The van der Waals surface area contributed by atoms with Crippen LogP contribution in [0, 0.1) is 0 Å². The Bertz CT molecular complexity index is 991. The third-order valence-corrected chi connectivity index (χ3v) is 6.68. The molecule has 0 aromatic heterocycles. The van der Waals surface area contributed by atoms with Crippen molar-refractivity contribution in [2.75, 3.05) is 12.9 Å². The average Bonchev–Trinajstić information content (AvgIpc) is 2.67. The lowest BCUT2D eigenvalue weighted by Crippen LogP contribution is -2.51. The van der Waals surface area contributed by atoms with Crippen LogP contribution in [-0.2, 0) is 19.4 Å². The van der Waals surface area contributed by atoms with E-state index in [0.29, 0.717) is 17.9 Å². The summed E-state index contributed by atoms with van der Waals surface area (Å²) in [6, 6.07) is 14.0. The number of amides is 1. The van der Waals surface area contributed by atoms with Crippen molar-refractivity contribution in [2.24, 2.45) is 0 Å². The number of sulfone groups is 1. The van der Waals surface area contributed by atoms with Gasteiger partial charge in [0.1, 0.15) is 0 Å². The van der Waals surface area contributed by atoms with Crippen LogP contribution in [0.1, 0.15) is 49.5 Å². The normalized spacial score (nSPS) is 24.4. The minimum atomic E-state index is -3.29. The largest absolute Gasteiger partial charge is 0.396 e. The summed E-state index contributed by atoms with van der Waals surface area (Å²) in [5.41, 5.74) is 1.22. The molecule has 1 amide bonds. The van der Waals surface area contributed by atoms with E-state index >= 15 is 0 Å². The van der Waals surface area contributed by atoms with E-state index in [4.69, 9.17) is 21.4 Å². The molecule has 0 unspecified atom stereocenters. The summed E-state index contributed by atoms with van der Waals surface area (Å²) in [5.74, 6) is -0.220. The fourth-order valence-electron chi connectivity index (χ4n) is 3.80. The fourth-order valence-corrected chi connectivity index (χ4v) is 4.56. The average molecular weight is 452 g/mol. The van der Waals surface area contributed by atoms with E-state index in [2.05, 4.69) is 5.32 Å². The van der Waals surface area contributed by atoms with Crippen LogP contribution in [0.5, 0.6) is 0 Å². The van der Waals surface area contributed by atoms with E-state index in [1.807, 2.05) is 19.1 Å². The molecule has 6 nitrogen and oxygen atoms in total. The number of ether oxygens (including phenoxy) is 1. The molecule has 1 saturated heterocycles. The Morgan fingerprint density at radius 3 is 2.07 bits per heavy atom. The standard InChI is InChI=1S/C22H26ClNO5S/c1-22(24-21(26)11-12-25)13-19(15-3-7-17(23)8-4-15)29-20(14-22)16-5-9-18(10-6-16)30(2,27)28/h3-10,19-20,25H,11-14H2,1-2H3,(H,24,26)/t19-,20+,22-/m0/s1. The second-order valence-corrected chi connectivity index (χ2v) is 10.4. The van der Waals surface area contributed by atoms with E-state index in [0.717, 1.165) is 11.1 Å². The highest BCUT2D eigenvalue weighted by Gasteiger charge is 2.40. The van der Waals surface area contributed by atoms with Crippen molar-refractivity contribution in [3.05, 3.63) is 64.7 Å². The van der Waals surface area contributed by atoms with E-state index in [9.17, 15) is 13.2 Å². The molecule has 2 aromatic rings. The molecule has 1 fully saturated rings. The number of hydrogen-bond donors (Lipinski definition) is 2. The quantitative estimate of drug-likeness (QED) is 0.700. The maximum atomic E-state index is 12.2. The number of carbonyl (C=O) groups excluding carboxylic acids is 1. The topological polar surface area (TPSA) is 92.7 Å². The number of aliphatic hydroxyl groups is 1. The molecule has 3 rings (SSSR count). The van der Waals surface area contributed by atoms with E-state index in [1.165, 1.54) is 6.26 Å². The molecular weight excluding hydrogens is 426 g/mol. The summed E-state index contributed by atoms with van der Waals surface area (Å²) in [6.45, 7) is 1.75. The van der Waals surface area contributed by atoms with Crippen LogP contribution in [0.4, 0.5) is 0 Å². The van der Waals surface area contributed by atoms with Crippen molar-refractivity contribution in [1.82, 2.24) is 5.32 Å². The van der Waals surface area contributed by atoms with Crippen molar-refractivity contribution in [3.63, 3.8) is 0 Å². The van der Waals surface area contributed by atoms with Gasteiger partial charge in [0.2, 0.25) is 5.91 Å². The van der Waals surface area contributed by atoms with E-state index in [-0.39, 0.29) is 36.0 Å². The van der Waals surface area contributed by atoms with Crippen LogP contribution < -0.4 is 5.32 Å². The molecule has 0 radical (unpaired) electrons. The molecule has 0 aliphatic carbocycles. The van der Waals surface area contributed by atoms with Gasteiger partial charge >= 0.3 is 0 Å². The second-order valence-electron chi connectivity index (χ2n) is 8.00. The Labute approximate surface area is 182 Å². The maximum absolute atomic E-state index is 12.2. The number of nitrogens with one attached hydrogen (secondary N) is 1. The summed E-state index contributed by atoms with van der Waals surface area (Å²) in [5, 5.41) is 12.7. The molecule has 1 aliphatic heterocycles. The molecule has 8 heteroatoms. The minimum absolute atomic E-state index is 0.0375. The number of aliphatic hydroxyl groups excluding tert-OH is 1. The minimum Gasteiger partial charge on any atom is -0.396 e. The Kier molecular flexibility index (Phi) is 6.87. The monoisotopic (exact) mass is 451 g/mol. The van der Waals surface area contributed by atoms with Gasteiger partial charge in [-0.3, -0.25) is 4.79 Å². The maximum Gasteiger partial charge on any atom is 0.222 e. The van der Waals surface area contributed by atoms with E-state index in [1.54, 1.807) is 36.4 Å². The van der Waals surface area contributed by atoms with Gasteiger partial charge in [0, 0.05) is 36.1 Å². The molecule has 1 aliphatic rings. The van der Waals surface area contributed by atoms with Gasteiger partial charge in [0.05, 0.1) is 23.7 Å². The Morgan fingerprint density at radius 1 is 1.10 bits per heavy atom. The molecule has 3 atom stereocenters. The van der Waals surface area contributed by atoms with Crippen LogP contribution in [0.3, 0.4) is 0 Å². The van der Waals surface area contributed by atoms with Gasteiger partial charge in [-0.05, 0) is 42.3 Å². The van der Waals surface area contributed by atoms with Crippen molar-refractivity contribution >= 4 is 27.3 Å². The van der Waals surface area contributed by atoms with Gasteiger partial charge in [0.25, 0.3) is 0 Å². The van der Waals surface area contributed by atoms with Gasteiger partial charge in [-0.15, -0.1) is 0 Å². The zero-order valence-corrected chi connectivity index (χ0v) is 18.5. The van der Waals surface area contributed by atoms with Crippen LogP contribution in [0.25, 0.3) is 0 Å². The Hall–Kier alpha value is -1.93. The smallest absolute Gasteiger partial charge is 0.222 e. The molecule has 0 spiro atoms. The van der Waals surface area contributed by atoms with Crippen molar-refractivity contribution < 1.29 is 23.1 Å².